The Kier molecular flexibility index (Phi) is 9.34. The van der Waals surface area contributed by atoms with Gasteiger partial charge in [0.15, 0.2) is 5.70 Å². The van der Waals surface area contributed by atoms with Crippen molar-refractivity contribution in [2.75, 3.05) is 4.90 Å². The third-order valence-corrected chi connectivity index (χ3v) is 6.89. The monoisotopic (exact) mass is 559 g/mol. The summed E-state index contributed by atoms with van der Waals surface area (Å²) in [5.74, 6) is 0. The fraction of sp³-hybridized carbons (Fsp3) is 0.139. The van der Waals surface area contributed by atoms with Crippen LogP contribution in [0.5, 0.6) is 0 Å². The molecule has 0 unspecified atom stereocenters. The molecular formula is C36H29N7. The van der Waals surface area contributed by atoms with Crippen molar-refractivity contribution in [3.8, 4) is 24.3 Å². The summed E-state index contributed by atoms with van der Waals surface area (Å²) < 4.78 is 0. The maximum absolute atomic E-state index is 9.36. The van der Waals surface area contributed by atoms with E-state index in [1.54, 1.807) is 6.07 Å². The Morgan fingerprint density at radius 1 is 0.744 bits per heavy atom. The first-order valence-electron chi connectivity index (χ1n) is 13.6. The molecule has 0 fully saturated rings. The molecule has 7 heteroatoms. The van der Waals surface area contributed by atoms with Gasteiger partial charge in [0.05, 0.1) is 0 Å². The van der Waals surface area contributed by atoms with E-state index < -0.39 is 0 Å². The van der Waals surface area contributed by atoms with Crippen LogP contribution in [0, 0.1) is 50.7 Å². The molecule has 0 bridgehead atoms. The number of nitrogens with zero attached hydrogens (tertiary/aromatic N) is 6. The van der Waals surface area contributed by atoms with E-state index >= 15 is 0 Å². The van der Waals surface area contributed by atoms with Crippen LogP contribution in [-0.4, -0.2) is 6.21 Å². The SMILES string of the molecule is CC1(C)CC(/C=C/c2ccc(N(c3ccccc3)c3ccc(C=N/C(C#N)=C(\N)C#N)cc3)cc2)=CC(=C(C#N)C#N)C1. The third-order valence-electron chi connectivity index (χ3n) is 6.89. The highest BCUT2D eigenvalue weighted by molar-refractivity contribution is 5.83. The number of benzene rings is 3. The number of para-hydroxylation sites is 1. The molecule has 0 amide bonds. The molecule has 0 atom stereocenters. The van der Waals surface area contributed by atoms with E-state index in [2.05, 4.69) is 60.2 Å². The molecule has 208 valence electrons. The lowest BCUT2D eigenvalue weighted by atomic mass is 9.74. The predicted octanol–water partition coefficient (Wildman–Crippen LogP) is 7.90. The van der Waals surface area contributed by atoms with Gasteiger partial charge in [0, 0.05) is 23.3 Å². The summed E-state index contributed by atoms with van der Waals surface area (Å²) in [5.41, 5.74) is 11.9. The molecule has 0 spiro atoms. The highest BCUT2D eigenvalue weighted by Crippen LogP contribution is 2.40. The fourth-order valence-electron chi connectivity index (χ4n) is 4.91. The van der Waals surface area contributed by atoms with Crippen molar-refractivity contribution in [2.24, 2.45) is 16.1 Å². The summed E-state index contributed by atoms with van der Waals surface area (Å²) in [7, 11) is 0. The molecule has 3 aromatic carbocycles. The first kappa shape index (κ1) is 29.8. The fourth-order valence-corrected chi connectivity index (χ4v) is 4.91. The molecule has 0 radical (unpaired) electrons. The molecule has 0 saturated carbocycles. The Bertz CT molecular complexity index is 1790. The molecular weight excluding hydrogens is 530 g/mol. The largest absolute Gasteiger partial charge is 0.388 e. The molecule has 2 N–H and O–H groups in total. The van der Waals surface area contributed by atoms with Gasteiger partial charge in [0.25, 0.3) is 0 Å². The number of hydrogen-bond donors (Lipinski definition) is 1. The Labute approximate surface area is 252 Å². The summed E-state index contributed by atoms with van der Waals surface area (Å²) in [6, 6.07) is 33.6. The average Bonchev–Trinajstić information content (AvgIpc) is 3.02. The van der Waals surface area contributed by atoms with Crippen molar-refractivity contribution >= 4 is 29.4 Å². The molecule has 43 heavy (non-hydrogen) atoms. The van der Waals surface area contributed by atoms with Crippen molar-refractivity contribution in [3.05, 3.63) is 130 Å². The predicted molar refractivity (Wildman–Crippen MR) is 170 cm³/mol. The Morgan fingerprint density at radius 3 is 1.88 bits per heavy atom. The van der Waals surface area contributed by atoms with Crippen LogP contribution in [0.3, 0.4) is 0 Å². The molecule has 0 heterocycles. The second-order valence-electron chi connectivity index (χ2n) is 10.8. The molecule has 1 aliphatic rings. The van der Waals surface area contributed by atoms with Crippen LogP contribution in [0.2, 0.25) is 0 Å². The Morgan fingerprint density at radius 2 is 1.33 bits per heavy atom. The average molecular weight is 560 g/mol. The molecule has 4 rings (SSSR count). The summed E-state index contributed by atoms with van der Waals surface area (Å²) in [5, 5.41) is 36.8. The number of nitriles is 4. The number of aliphatic imine (C=N–C) groups is 1. The quantitative estimate of drug-likeness (QED) is 0.231. The minimum atomic E-state index is -0.225. The zero-order valence-electron chi connectivity index (χ0n) is 24.0. The van der Waals surface area contributed by atoms with E-state index in [9.17, 15) is 15.8 Å². The van der Waals surface area contributed by atoms with Crippen LogP contribution >= 0.6 is 0 Å². The summed E-state index contributed by atoms with van der Waals surface area (Å²) >= 11 is 0. The van der Waals surface area contributed by atoms with Gasteiger partial charge in [0.2, 0.25) is 0 Å². The maximum Gasteiger partial charge on any atom is 0.174 e. The summed E-state index contributed by atoms with van der Waals surface area (Å²) in [6.07, 6.45) is 9.15. The maximum atomic E-state index is 9.36. The number of anilines is 3. The number of allylic oxidation sites excluding steroid dienone is 7. The van der Waals surface area contributed by atoms with Crippen LogP contribution in [0.15, 0.2) is 124 Å². The van der Waals surface area contributed by atoms with Gasteiger partial charge in [-0.1, -0.05) is 74.5 Å². The second kappa shape index (κ2) is 13.5. The van der Waals surface area contributed by atoms with Gasteiger partial charge in [-0.05, 0) is 76.9 Å². The Hall–Kier alpha value is -6.15. The zero-order chi connectivity index (χ0) is 30.8. The lowest BCUT2D eigenvalue weighted by molar-refractivity contribution is 0.354. The molecule has 7 nitrogen and oxygen atoms in total. The van der Waals surface area contributed by atoms with E-state index in [0.29, 0.717) is 6.42 Å². The highest BCUT2D eigenvalue weighted by atomic mass is 15.1. The lowest BCUT2D eigenvalue weighted by Crippen LogP contribution is -2.17. The minimum absolute atomic E-state index is 0.0388. The molecule has 1 aliphatic carbocycles. The van der Waals surface area contributed by atoms with Gasteiger partial charge in [-0.25, -0.2) is 4.99 Å². The molecule has 0 saturated heterocycles. The Balaban J connectivity index is 1.61. The molecule has 3 aromatic rings. The van der Waals surface area contributed by atoms with Gasteiger partial charge >= 0.3 is 0 Å². The van der Waals surface area contributed by atoms with E-state index in [1.807, 2.05) is 78.9 Å². The number of rotatable bonds is 7. The van der Waals surface area contributed by atoms with Crippen LogP contribution in [-0.2, 0) is 0 Å². The smallest absolute Gasteiger partial charge is 0.174 e. The normalized spacial score (nSPS) is 14.6. The van der Waals surface area contributed by atoms with E-state index in [4.69, 9.17) is 11.0 Å². The lowest BCUT2D eigenvalue weighted by Gasteiger charge is -2.30. The van der Waals surface area contributed by atoms with Gasteiger partial charge in [-0.2, -0.15) is 21.0 Å². The summed E-state index contributed by atoms with van der Waals surface area (Å²) in [6.45, 7) is 4.30. The zero-order valence-corrected chi connectivity index (χ0v) is 24.0. The second-order valence-corrected chi connectivity index (χ2v) is 10.8. The standard InChI is InChI=1S/C36H29N7/c1-36(2)19-28(18-29(20-36)30(21-37)22-38)9-8-26-10-14-32(15-11-26)43(31-6-4-3-5-7-31)33-16-12-27(13-17-33)25-42-35(24-40)34(41)23-39/h3-18,25H,19-20,41H2,1-2H3/b9-8+,35-34-,42-25?. The minimum Gasteiger partial charge on any atom is -0.388 e. The van der Waals surface area contributed by atoms with Gasteiger partial charge in [0.1, 0.15) is 35.5 Å². The van der Waals surface area contributed by atoms with Gasteiger partial charge in [-0.15, -0.1) is 0 Å². The number of nitrogens with two attached hydrogens (primary N) is 1. The molecule has 0 aliphatic heterocycles. The van der Waals surface area contributed by atoms with Crippen molar-refractivity contribution < 1.29 is 0 Å². The van der Waals surface area contributed by atoms with Crippen molar-refractivity contribution in [1.82, 2.24) is 0 Å². The third kappa shape index (κ3) is 7.53. The highest BCUT2D eigenvalue weighted by Gasteiger charge is 2.26. The first-order chi connectivity index (χ1) is 20.8. The summed E-state index contributed by atoms with van der Waals surface area (Å²) in [4.78, 5) is 6.19. The van der Waals surface area contributed by atoms with Crippen LogP contribution in [0.25, 0.3) is 6.08 Å². The van der Waals surface area contributed by atoms with Gasteiger partial charge in [-0.3, -0.25) is 0 Å². The van der Waals surface area contributed by atoms with Crippen molar-refractivity contribution in [2.45, 2.75) is 26.7 Å². The van der Waals surface area contributed by atoms with E-state index in [-0.39, 0.29) is 22.4 Å². The van der Waals surface area contributed by atoms with Crippen molar-refractivity contribution in [1.29, 1.82) is 21.0 Å². The van der Waals surface area contributed by atoms with Crippen LogP contribution in [0.1, 0.15) is 37.8 Å². The van der Waals surface area contributed by atoms with Crippen molar-refractivity contribution in [3.63, 3.8) is 0 Å². The molecule has 0 aromatic heterocycles. The van der Waals surface area contributed by atoms with Crippen LogP contribution in [0.4, 0.5) is 17.1 Å². The van der Waals surface area contributed by atoms with E-state index in [0.717, 1.165) is 45.8 Å². The topological polar surface area (TPSA) is 137 Å². The van der Waals surface area contributed by atoms with E-state index in [1.165, 1.54) is 6.21 Å². The number of hydrogen-bond acceptors (Lipinski definition) is 7. The van der Waals surface area contributed by atoms with Crippen LogP contribution < -0.4 is 10.6 Å². The first-order valence-corrected chi connectivity index (χ1v) is 13.6. The van der Waals surface area contributed by atoms with Gasteiger partial charge < -0.3 is 10.6 Å².